The van der Waals surface area contributed by atoms with Crippen LogP contribution in [0.3, 0.4) is 0 Å². The van der Waals surface area contributed by atoms with Gasteiger partial charge >= 0.3 is 12.4 Å². The van der Waals surface area contributed by atoms with E-state index in [1.165, 1.54) is 18.2 Å². The fraction of sp³-hybridized carbons (Fsp3) is 0.400. The molecule has 1 aromatic carbocycles. The van der Waals surface area contributed by atoms with E-state index in [-0.39, 0.29) is 0 Å². The van der Waals surface area contributed by atoms with Gasteiger partial charge in [0.25, 0.3) is 0 Å². The highest BCUT2D eigenvalue weighted by atomic mass is 31.2. The van der Waals surface area contributed by atoms with Crippen LogP contribution in [-0.2, 0) is 9.09 Å². The first kappa shape index (κ1) is 17.0. The lowest BCUT2D eigenvalue weighted by Crippen LogP contribution is -2.28. The van der Waals surface area contributed by atoms with Crippen LogP contribution in [0.1, 0.15) is 11.7 Å². The largest absolute Gasteiger partial charge is 0.778 e. The molecule has 0 saturated heterocycles. The number of hydrogen-bond donors (Lipinski definition) is 0. The molecule has 0 N–H and O–H groups in total. The minimum atomic E-state index is -5.73. The quantitative estimate of drug-likeness (QED) is 0.631. The van der Waals surface area contributed by atoms with E-state index in [2.05, 4.69) is 4.52 Å². The standard InChI is InChI=1S/C10H9F6O3P/c11-9(12,13)6-20(17,18)19-8(10(14,15)16)7-4-2-1-3-5-7/h1-5,8H,6H2,(H,17,18)/p-1. The molecule has 0 bridgehead atoms. The van der Waals surface area contributed by atoms with Crippen molar-refractivity contribution in [1.29, 1.82) is 0 Å². The summed E-state index contributed by atoms with van der Waals surface area (Å²) in [4.78, 5) is 11.1. The molecule has 1 aromatic rings. The second-order valence-electron chi connectivity index (χ2n) is 3.82. The predicted octanol–water partition coefficient (Wildman–Crippen LogP) is 3.42. The summed E-state index contributed by atoms with van der Waals surface area (Å²) in [7, 11) is -5.73. The highest BCUT2D eigenvalue weighted by Gasteiger charge is 2.45. The lowest BCUT2D eigenvalue weighted by molar-refractivity contribution is -0.245. The molecule has 10 heteroatoms. The minimum absolute atomic E-state index is 0.599. The first-order valence-electron chi connectivity index (χ1n) is 5.08. The van der Waals surface area contributed by atoms with Crippen LogP contribution in [0.4, 0.5) is 26.3 Å². The summed E-state index contributed by atoms with van der Waals surface area (Å²) in [5.74, 6) is 0. The number of hydrogen-bond acceptors (Lipinski definition) is 3. The minimum Gasteiger partial charge on any atom is -0.778 e. The Kier molecular flexibility index (Phi) is 4.89. The molecule has 0 aliphatic heterocycles. The molecule has 3 nitrogen and oxygen atoms in total. The van der Waals surface area contributed by atoms with E-state index in [0.29, 0.717) is 0 Å². The predicted molar refractivity (Wildman–Crippen MR) is 54.9 cm³/mol. The molecule has 0 amide bonds. The maximum atomic E-state index is 12.7. The van der Waals surface area contributed by atoms with E-state index in [1.54, 1.807) is 0 Å². The van der Waals surface area contributed by atoms with Gasteiger partial charge in [-0.3, -0.25) is 0 Å². The van der Waals surface area contributed by atoms with Crippen molar-refractivity contribution >= 4 is 7.60 Å². The molecule has 0 heterocycles. The van der Waals surface area contributed by atoms with Gasteiger partial charge in [0.05, 0.1) is 0 Å². The molecule has 0 saturated carbocycles. The average Bonchev–Trinajstić information content (AvgIpc) is 2.22. The Morgan fingerprint density at radius 1 is 1.10 bits per heavy atom. The van der Waals surface area contributed by atoms with E-state index in [4.69, 9.17) is 0 Å². The zero-order chi connectivity index (χ0) is 15.6. The van der Waals surface area contributed by atoms with Gasteiger partial charge in [0.2, 0.25) is 0 Å². The molecule has 20 heavy (non-hydrogen) atoms. The third-order valence-corrected chi connectivity index (χ3v) is 3.32. The van der Waals surface area contributed by atoms with Gasteiger partial charge < -0.3 is 14.0 Å². The Bertz CT molecular complexity index is 484. The normalized spacial score (nSPS) is 17.6. The van der Waals surface area contributed by atoms with Crippen LogP contribution < -0.4 is 4.89 Å². The van der Waals surface area contributed by atoms with Crippen molar-refractivity contribution in [2.24, 2.45) is 0 Å². The van der Waals surface area contributed by atoms with E-state index in [9.17, 15) is 35.8 Å². The van der Waals surface area contributed by atoms with Gasteiger partial charge in [0.15, 0.2) is 6.10 Å². The van der Waals surface area contributed by atoms with Gasteiger partial charge in [0, 0.05) is 0 Å². The number of halogens is 6. The molecule has 2 atom stereocenters. The molecule has 0 radical (unpaired) electrons. The second-order valence-corrected chi connectivity index (χ2v) is 5.57. The van der Waals surface area contributed by atoms with Crippen molar-refractivity contribution < 1.29 is 40.3 Å². The third kappa shape index (κ3) is 5.52. The smallest absolute Gasteiger partial charge is 0.419 e. The summed E-state index contributed by atoms with van der Waals surface area (Å²) < 4.78 is 88.8. The van der Waals surface area contributed by atoms with Crippen molar-refractivity contribution in [2.45, 2.75) is 18.5 Å². The van der Waals surface area contributed by atoms with Crippen LogP contribution in [-0.4, -0.2) is 18.5 Å². The summed E-state index contributed by atoms with van der Waals surface area (Å²) in [5.41, 5.74) is -0.599. The molecule has 0 aliphatic rings. The molecular weight excluding hydrogens is 313 g/mol. The van der Waals surface area contributed by atoms with Crippen molar-refractivity contribution in [1.82, 2.24) is 0 Å². The van der Waals surface area contributed by atoms with Crippen LogP contribution in [0.2, 0.25) is 0 Å². The Hall–Kier alpha value is -1.05. The first-order chi connectivity index (χ1) is 8.91. The monoisotopic (exact) mass is 321 g/mol. The highest BCUT2D eigenvalue weighted by Crippen LogP contribution is 2.51. The van der Waals surface area contributed by atoms with Crippen molar-refractivity contribution in [3.05, 3.63) is 35.9 Å². The van der Waals surface area contributed by atoms with Gasteiger partial charge in [-0.15, -0.1) is 0 Å². The maximum Gasteiger partial charge on any atom is 0.419 e. The lowest BCUT2D eigenvalue weighted by atomic mass is 10.1. The summed E-state index contributed by atoms with van der Waals surface area (Å²) >= 11 is 0. The van der Waals surface area contributed by atoms with Crippen LogP contribution in [0.25, 0.3) is 0 Å². The van der Waals surface area contributed by atoms with E-state index in [1.807, 2.05) is 0 Å². The maximum absolute atomic E-state index is 12.7. The molecule has 2 unspecified atom stereocenters. The van der Waals surface area contributed by atoms with E-state index < -0.39 is 37.8 Å². The Balaban J connectivity index is 3.01. The van der Waals surface area contributed by atoms with Crippen LogP contribution in [0.5, 0.6) is 0 Å². The number of rotatable bonds is 4. The van der Waals surface area contributed by atoms with Crippen molar-refractivity contribution in [3.8, 4) is 0 Å². The Labute approximate surface area is 109 Å². The molecule has 0 spiro atoms. The number of alkyl halides is 6. The van der Waals surface area contributed by atoms with Gasteiger partial charge in [-0.1, -0.05) is 30.3 Å². The molecular formula is C10H8F6O3P-. The summed E-state index contributed by atoms with van der Waals surface area (Å²) in [6.45, 7) is 0. The topological polar surface area (TPSA) is 49.4 Å². The second kappa shape index (κ2) is 5.75. The van der Waals surface area contributed by atoms with Crippen molar-refractivity contribution in [3.63, 3.8) is 0 Å². The average molecular weight is 321 g/mol. The highest BCUT2D eigenvalue weighted by molar-refractivity contribution is 7.51. The van der Waals surface area contributed by atoms with Crippen molar-refractivity contribution in [2.75, 3.05) is 6.16 Å². The van der Waals surface area contributed by atoms with Gasteiger partial charge in [-0.2, -0.15) is 26.3 Å². The van der Waals surface area contributed by atoms with Crippen LogP contribution >= 0.6 is 7.60 Å². The zero-order valence-electron chi connectivity index (χ0n) is 9.61. The number of benzene rings is 1. The van der Waals surface area contributed by atoms with Gasteiger partial charge in [-0.05, 0) is 5.56 Å². The van der Waals surface area contributed by atoms with E-state index >= 15 is 0 Å². The van der Waals surface area contributed by atoms with Gasteiger partial charge in [0.1, 0.15) is 13.8 Å². The lowest BCUT2D eigenvalue weighted by Gasteiger charge is -2.30. The fourth-order valence-corrected chi connectivity index (χ4v) is 2.43. The molecule has 0 fully saturated rings. The Morgan fingerprint density at radius 3 is 2.00 bits per heavy atom. The van der Waals surface area contributed by atoms with E-state index in [0.717, 1.165) is 12.1 Å². The zero-order valence-corrected chi connectivity index (χ0v) is 10.5. The SMILES string of the molecule is O=P([O-])(CC(F)(F)F)OC(c1ccccc1)C(F)(F)F. The third-order valence-electron chi connectivity index (χ3n) is 2.04. The molecule has 0 aromatic heterocycles. The van der Waals surface area contributed by atoms with Crippen LogP contribution in [0.15, 0.2) is 30.3 Å². The van der Waals surface area contributed by atoms with Gasteiger partial charge in [-0.25, -0.2) is 0 Å². The van der Waals surface area contributed by atoms with Crippen LogP contribution in [0, 0.1) is 0 Å². The summed E-state index contributed by atoms with van der Waals surface area (Å²) in [6.07, 6.45) is -15.8. The molecule has 1 rings (SSSR count). The Morgan fingerprint density at radius 2 is 1.60 bits per heavy atom. The first-order valence-corrected chi connectivity index (χ1v) is 6.80. The molecule has 0 aliphatic carbocycles. The summed E-state index contributed by atoms with van der Waals surface area (Å²) in [5, 5.41) is 0. The fourth-order valence-electron chi connectivity index (χ4n) is 1.35. The molecule has 114 valence electrons. The summed E-state index contributed by atoms with van der Waals surface area (Å²) in [6, 6.07) is 5.54.